The minimum Gasteiger partial charge on any atom is -0.411 e. The molecule has 2 rings (SSSR count). The summed E-state index contributed by atoms with van der Waals surface area (Å²) in [6.45, 7) is 3.61. The van der Waals surface area contributed by atoms with Gasteiger partial charge in [0.1, 0.15) is 0 Å². The van der Waals surface area contributed by atoms with E-state index in [1.54, 1.807) is 30.4 Å². The molecular formula is C13H15NO4S2. The molecule has 1 aromatic carbocycles. The summed E-state index contributed by atoms with van der Waals surface area (Å²) in [5, 5.41) is 13.3. The molecule has 1 heterocycles. The van der Waals surface area contributed by atoms with Crippen LogP contribution >= 0.6 is 11.3 Å². The van der Waals surface area contributed by atoms with Gasteiger partial charge in [0, 0.05) is 0 Å². The van der Waals surface area contributed by atoms with Crippen molar-refractivity contribution >= 4 is 27.2 Å². The Kier molecular flexibility index (Phi) is 5.87. The lowest BCUT2D eigenvalue weighted by Crippen LogP contribution is -1.96. The highest BCUT2D eigenvalue weighted by atomic mass is 32.2. The van der Waals surface area contributed by atoms with Crippen LogP contribution in [-0.2, 0) is 10.1 Å². The number of thiophene rings is 1. The van der Waals surface area contributed by atoms with Crippen LogP contribution in [0.3, 0.4) is 0 Å². The normalized spacial score (nSPS) is 11.7. The number of benzene rings is 1. The lowest BCUT2D eigenvalue weighted by atomic mass is 10.2. The highest BCUT2D eigenvalue weighted by Gasteiger charge is 2.06. The quantitative estimate of drug-likeness (QED) is 0.386. The summed E-state index contributed by atoms with van der Waals surface area (Å²) in [4.78, 5) is 0.945. The van der Waals surface area contributed by atoms with Crippen LogP contribution in [0.5, 0.6) is 0 Å². The number of hydrogen-bond donors (Lipinski definition) is 2. The zero-order valence-electron chi connectivity index (χ0n) is 11.0. The van der Waals surface area contributed by atoms with Gasteiger partial charge in [0.2, 0.25) is 0 Å². The number of aryl methyl sites for hydroxylation is 1. The molecule has 0 spiro atoms. The summed E-state index contributed by atoms with van der Waals surface area (Å²) in [7, 11) is -4.02. The van der Waals surface area contributed by atoms with Gasteiger partial charge in [-0.05, 0) is 37.4 Å². The fourth-order valence-electron chi connectivity index (χ4n) is 1.24. The second kappa shape index (κ2) is 7.18. The summed E-state index contributed by atoms with van der Waals surface area (Å²) < 4.78 is 29.6. The van der Waals surface area contributed by atoms with Crippen LogP contribution in [0.15, 0.2) is 51.8 Å². The molecule has 0 fully saturated rings. The minimum absolute atomic E-state index is 0.0666. The molecule has 5 nitrogen and oxygen atoms in total. The number of nitrogens with zero attached hydrogens (tertiary/aromatic N) is 1. The lowest BCUT2D eigenvalue weighted by molar-refractivity contribution is 0.319. The molecule has 2 aromatic rings. The van der Waals surface area contributed by atoms with Crippen LogP contribution < -0.4 is 0 Å². The van der Waals surface area contributed by atoms with Gasteiger partial charge in [0.15, 0.2) is 0 Å². The average molecular weight is 313 g/mol. The molecule has 0 saturated heterocycles. The monoisotopic (exact) mass is 313 g/mol. The van der Waals surface area contributed by atoms with Gasteiger partial charge in [-0.3, -0.25) is 4.55 Å². The Balaban J connectivity index is 0.000000204. The maximum Gasteiger partial charge on any atom is 0.294 e. The molecule has 1 aromatic heterocycles. The standard InChI is InChI=1S/C7H8O3S.C6H7NOS/c1-6-2-4-7(5-3-6)11(8,9)10;1-5(7-8)6-3-2-4-9-6/h2-5H,1H3,(H,8,9,10);2-4,8H,1H3. The van der Waals surface area contributed by atoms with E-state index >= 15 is 0 Å². The summed E-state index contributed by atoms with van der Waals surface area (Å²) in [6.07, 6.45) is 0. The highest BCUT2D eigenvalue weighted by molar-refractivity contribution is 7.85. The zero-order valence-corrected chi connectivity index (χ0v) is 12.6. The van der Waals surface area contributed by atoms with Crippen molar-refractivity contribution in [2.45, 2.75) is 18.7 Å². The van der Waals surface area contributed by atoms with Crippen molar-refractivity contribution in [3.63, 3.8) is 0 Å². The molecule has 0 bridgehead atoms. The van der Waals surface area contributed by atoms with Gasteiger partial charge in [-0.2, -0.15) is 8.42 Å². The first-order chi connectivity index (χ1) is 9.34. The first-order valence-electron chi connectivity index (χ1n) is 5.61. The molecule has 0 atom stereocenters. The van der Waals surface area contributed by atoms with E-state index in [9.17, 15) is 8.42 Å². The molecule has 0 unspecified atom stereocenters. The van der Waals surface area contributed by atoms with Gasteiger partial charge in [-0.1, -0.05) is 28.9 Å². The van der Waals surface area contributed by atoms with Crippen LogP contribution in [0.2, 0.25) is 0 Å². The van der Waals surface area contributed by atoms with Gasteiger partial charge in [0.05, 0.1) is 15.5 Å². The third kappa shape index (κ3) is 5.12. The van der Waals surface area contributed by atoms with Crippen LogP contribution in [-0.4, -0.2) is 23.9 Å². The van der Waals surface area contributed by atoms with E-state index in [4.69, 9.17) is 9.76 Å². The molecule has 0 saturated carbocycles. The van der Waals surface area contributed by atoms with Crippen molar-refractivity contribution in [1.29, 1.82) is 0 Å². The molecule has 0 aliphatic carbocycles. The Labute approximate surface area is 122 Å². The second-order valence-electron chi connectivity index (χ2n) is 3.95. The molecule has 108 valence electrons. The molecular weight excluding hydrogens is 298 g/mol. The van der Waals surface area contributed by atoms with Gasteiger partial charge in [0.25, 0.3) is 10.1 Å². The molecule has 0 aliphatic rings. The average Bonchev–Trinajstić information content (AvgIpc) is 2.92. The van der Waals surface area contributed by atoms with Crippen molar-refractivity contribution in [3.8, 4) is 0 Å². The van der Waals surface area contributed by atoms with E-state index in [2.05, 4.69) is 5.16 Å². The topological polar surface area (TPSA) is 87.0 Å². The van der Waals surface area contributed by atoms with E-state index in [0.717, 1.165) is 10.4 Å². The number of rotatable bonds is 2. The lowest BCUT2D eigenvalue weighted by Gasteiger charge is -1.95. The highest BCUT2D eigenvalue weighted by Crippen LogP contribution is 2.09. The van der Waals surface area contributed by atoms with Gasteiger partial charge in [-0.15, -0.1) is 11.3 Å². The Morgan fingerprint density at radius 2 is 1.80 bits per heavy atom. The SMILES string of the molecule is CC(=NO)c1cccs1.Cc1ccc(S(=O)(=O)O)cc1. The fraction of sp³-hybridized carbons (Fsp3) is 0.154. The summed E-state index contributed by atoms with van der Waals surface area (Å²) in [5.41, 5.74) is 1.63. The first-order valence-corrected chi connectivity index (χ1v) is 7.93. The molecule has 0 radical (unpaired) electrons. The fourth-order valence-corrected chi connectivity index (χ4v) is 2.40. The first kappa shape index (κ1) is 16.4. The van der Waals surface area contributed by atoms with E-state index in [1.165, 1.54) is 12.1 Å². The molecule has 0 aliphatic heterocycles. The second-order valence-corrected chi connectivity index (χ2v) is 6.32. The van der Waals surface area contributed by atoms with Crippen molar-refractivity contribution in [1.82, 2.24) is 0 Å². The van der Waals surface area contributed by atoms with Crippen LogP contribution in [0, 0.1) is 6.92 Å². The van der Waals surface area contributed by atoms with Crippen molar-refractivity contribution in [2.75, 3.05) is 0 Å². The van der Waals surface area contributed by atoms with Crippen LogP contribution in [0.1, 0.15) is 17.4 Å². The molecule has 7 heteroatoms. The Morgan fingerprint density at radius 1 is 1.20 bits per heavy atom. The van der Waals surface area contributed by atoms with Crippen molar-refractivity contribution in [3.05, 3.63) is 52.2 Å². The van der Waals surface area contributed by atoms with Crippen molar-refractivity contribution in [2.24, 2.45) is 5.16 Å². The Bertz CT molecular complexity index is 659. The third-order valence-electron chi connectivity index (χ3n) is 2.35. The predicted molar refractivity (Wildman–Crippen MR) is 79.3 cm³/mol. The Morgan fingerprint density at radius 3 is 2.20 bits per heavy atom. The summed E-state index contributed by atoms with van der Waals surface area (Å²) >= 11 is 1.56. The third-order valence-corrected chi connectivity index (χ3v) is 4.19. The number of hydrogen-bond acceptors (Lipinski definition) is 5. The number of oxime groups is 1. The van der Waals surface area contributed by atoms with Gasteiger partial charge < -0.3 is 5.21 Å². The van der Waals surface area contributed by atoms with E-state index < -0.39 is 10.1 Å². The summed E-state index contributed by atoms with van der Waals surface area (Å²) in [6, 6.07) is 9.83. The van der Waals surface area contributed by atoms with Gasteiger partial charge in [-0.25, -0.2) is 0 Å². The molecule has 20 heavy (non-hydrogen) atoms. The molecule has 0 amide bonds. The van der Waals surface area contributed by atoms with Crippen LogP contribution in [0.4, 0.5) is 0 Å². The van der Waals surface area contributed by atoms with E-state index in [-0.39, 0.29) is 4.90 Å². The maximum absolute atomic E-state index is 10.5. The smallest absolute Gasteiger partial charge is 0.294 e. The largest absolute Gasteiger partial charge is 0.411 e. The van der Waals surface area contributed by atoms with Crippen molar-refractivity contribution < 1.29 is 18.2 Å². The minimum atomic E-state index is -4.02. The summed E-state index contributed by atoms with van der Waals surface area (Å²) in [5.74, 6) is 0. The maximum atomic E-state index is 10.5. The van der Waals surface area contributed by atoms with Gasteiger partial charge >= 0.3 is 0 Å². The van der Waals surface area contributed by atoms with E-state index in [0.29, 0.717) is 5.71 Å². The Hall–Kier alpha value is -1.70. The zero-order chi connectivity index (χ0) is 15.2. The van der Waals surface area contributed by atoms with E-state index in [1.807, 2.05) is 24.4 Å². The molecule has 2 N–H and O–H groups in total. The predicted octanol–water partition coefficient (Wildman–Crippen LogP) is 3.19. The van der Waals surface area contributed by atoms with Crippen LogP contribution in [0.25, 0.3) is 0 Å².